The minimum Gasteiger partial charge on any atom is -0.383 e. The molecule has 0 bridgehead atoms. The molecular weight excluding hydrogens is 404 g/mol. The van der Waals surface area contributed by atoms with Crippen molar-refractivity contribution in [2.45, 2.75) is 26.2 Å². The lowest BCUT2D eigenvalue weighted by atomic mass is 10.0. The van der Waals surface area contributed by atoms with Crippen LogP contribution in [0.15, 0.2) is 84.2 Å². The molecule has 4 nitrogen and oxygen atoms in total. The summed E-state index contributed by atoms with van der Waals surface area (Å²) in [6.07, 6.45) is 11.6. The van der Waals surface area contributed by atoms with E-state index in [-0.39, 0.29) is 0 Å². The molecule has 2 aliphatic heterocycles. The van der Waals surface area contributed by atoms with Crippen molar-refractivity contribution in [3.8, 4) is 0 Å². The summed E-state index contributed by atoms with van der Waals surface area (Å²) < 4.78 is 0. The van der Waals surface area contributed by atoms with E-state index in [1.54, 1.807) is 0 Å². The second-order valence-corrected chi connectivity index (χ2v) is 9.18. The number of allylic oxidation sites excluding steroid dienone is 4. The van der Waals surface area contributed by atoms with Crippen LogP contribution in [0, 0.1) is 12.3 Å². The molecule has 4 heteroatoms. The molecule has 0 spiro atoms. The smallest absolute Gasteiger partial charge is 0.0463 e. The summed E-state index contributed by atoms with van der Waals surface area (Å²) >= 11 is 0. The Hall–Kier alpha value is -3.37. The maximum Gasteiger partial charge on any atom is 0.0463 e. The van der Waals surface area contributed by atoms with Crippen LogP contribution in [0.3, 0.4) is 0 Å². The molecule has 2 N–H and O–H groups in total. The maximum atomic E-state index is 7.95. The Kier molecular flexibility index (Phi) is 6.01. The summed E-state index contributed by atoms with van der Waals surface area (Å²) in [5.41, 5.74) is 10.4. The van der Waals surface area contributed by atoms with E-state index in [0.29, 0.717) is 0 Å². The van der Waals surface area contributed by atoms with E-state index >= 15 is 0 Å². The average molecular weight is 437 g/mol. The van der Waals surface area contributed by atoms with Gasteiger partial charge < -0.3 is 20.5 Å². The lowest BCUT2D eigenvalue weighted by Gasteiger charge is -2.28. The molecule has 2 heterocycles. The zero-order valence-corrected chi connectivity index (χ0v) is 19.4. The van der Waals surface area contributed by atoms with E-state index in [0.717, 1.165) is 42.1 Å². The van der Waals surface area contributed by atoms with Gasteiger partial charge in [0, 0.05) is 53.7 Å². The van der Waals surface area contributed by atoms with Crippen molar-refractivity contribution in [1.82, 2.24) is 4.90 Å². The summed E-state index contributed by atoms with van der Waals surface area (Å²) in [4.78, 5) is 4.63. The van der Waals surface area contributed by atoms with Crippen molar-refractivity contribution in [1.29, 1.82) is 5.41 Å². The molecule has 168 valence electrons. The summed E-state index contributed by atoms with van der Waals surface area (Å²) in [6, 6.07) is 15.0. The van der Waals surface area contributed by atoms with Crippen molar-refractivity contribution in [2.24, 2.45) is 0 Å². The monoisotopic (exact) mass is 436 g/mol. The third kappa shape index (κ3) is 4.44. The van der Waals surface area contributed by atoms with Crippen LogP contribution in [0.2, 0.25) is 0 Å². The average Bonchev–Trinajstić information content (AvgIpc) is 3.51. The number of aryl methyl sites for hydroxylation is 1. The van der Waals surface area contributed by atoms with E-state index in [1.165, 1.54) is 60.0 Å². The Bertz CT molecular complexity index is 1160. The van der Waals surface area contributed by atoms with Gasteiger partial charge in [-0.15, -0.1) is 0 Å². The minimum absolute atomic E-state index is 0.900. The summed E-state index contributed by atoms with van der Waals surface area (Å²) in [5.74, 6) is 0. The molecule has 0 saturated carbocycles. The molecule has 3 aliphatic rings. The van der Waals surface area contributed by atoms with Gasteiger partial charge in [-0.2, -0.15) is 0 Å². The lowest BCUT2D eigenvalue weighted by molar-refractivity contribution is 0.352. The lowest BCUT2D eigenvalue weighted by Crippen LogP contribution is -2.26. The third-order valence-electron chi connectivity index (χ3n) is 6.91. The zero-order valence-electron chi connectivity index (χ0n) is 19.4. The van der Waals surface area contributed by atoms with E-state index < -0.39 is 0 Å². The SMILES string of the molecule is C=C1C2=C(C=CN1c1ccc(NCCN3CCCC3)c(C=N)c1)CC(c1ccc(C)cc1)=C2. The molecule has 1 aliphatic carbocycles. The molecule has 5 rings (SSSR count). The first-order chi connectivity index (χ1) is 16.1. The fraction of sp³-hybridized carbons (Fsp3) is 0.276. The number of hydrogen-bond donors (Lipinski definition) is 2. The normalized spacial score (nSPS) is 18.0. The largest absolute Gasteiger partial charge is 0.383 e. The van der Waals surface area contributed by atoms with Gasteiger partial charge in [-0.05, 0) is 86.3 Å². The number of rotatable bonds is 7. The fourth-order valence-electron chi connectivity index (χ4n) is 4.95. The fourth-order valence-corrected chi connectivity index (χ4v) is 4.95. The number of nitrogens with zero attached hydrogens (tertiary/aromatic N) is 2. The van der Waals surface area contributed by atoms with Crippen molar-refractivity contribution in [2.75, 3.05) is 36.4 Å². The van der Waals surface area contributed by atoms with E-state index in [1.807, 2.05) is 0 Å². The van der Waals surface area contributed by atoms with Crippen LogP contribution in [-0.2, 0) is 0 Å². The number of anilines is 2. The third-order valence-corrected chi connectivity index (χ3v) is 6.91. The van der Waals surface area contributed by atoms with Crippen molar-refractivity contribution in [3.63, 3.8) is 0 Å². The van der Waals surface area contributed by atoms with Gasteiger partial charge in [-0.1, -0.05) is 36.4 Å². The Morgan fingerprint density at radius 1 is 1.09 bits per heavy atom. The molecule has 0 unspecified atom stereocenters. The molecule has 2 aromatic rings. The van der Waals surface area contributed by atoms with Crippen LogP contribution in [0.25, 0.3) is 5.57 Å². The van der Waals surface area contributed by atoms with Crippen LogP contribution in [0.4, 0.5) is 11.4 Å². The number of benzene rings is 2. The summed E-state index contributed by atoms with van der Waals surface area (Å²) in [6.45, 7) is 10.9. The first-order valence-corrected chi connectivity index (χ1v) is 11.9. The highest BCUT2D eigenvalue weighted by Gasteiger charge is 2.24. The Morgan fingerprint density at radius 3 is 2.64 bits per heavy atom. The van der Waals surface area contributed by atoms with Crippen LogP contribution < -0.4 is 10.2 Å². The van der Waals surface area contributed by atoms with Crippen LogP contribution in [0.5, 0.6) is 0 Å². The predicted octanol–water partition coefficient (Wildman–Crippen LogP) is 6.13. The molecule has 0 radical (unpaired) electrons. The predicted molar refractivity (Wildman–Crippen MR) is 140 cm³/mol. The van der Waals surface area contributed by atoms with Gasteiger partial charge in [0.25, 0.3) is 0 Å². The minimum atomic E-state index is 0.900. The van der Waals surface area contributed by atoms with Gasteiger partial charge in [-0.25, -0.2) is 0 Å². The molecule has 0 aromatic heterocycles. The summed E-state index contributed by atoms with van der Waals surface area (Å²) in [7, 11) is 0. The Balaban J connectivity index is 1.30. The molecule has 1 fully saturated rings. The second kappa shape index (κ2) is 9.24. The molecule has 0 atom stereocenters. The van der Waals surface area contributed by atoms with Gasteiger partial charge in [0.1, 0.15) is 0 Å². The maximum absolute atomic E-state index is 7.95. The van der Waals surface area contributed by atoms with E-state index in [9.17, 15) is 0 Å². The number of hydrogen-bond acceptors (Lipinski definition) is 4. The van der Waals surface area contributed by atoms with Gasteiger partial charge >= 0.3 is 0 Å². The number of nitrogens with one attached hydrogen (secondary N) is 2. The topological polar surface area (TPSA) is 42.4 Å². The quantitative estimate of drug-likeness (QED) is 0.513. The standard InChI is InChI=1S/C29H32N4/c1-21-5-7-23(8-6-21)25-17-24-11-15-33(22(2)28(24)19-25)27-9-10-29(26(18-27)20-30)31-12-16-32-13-3-4-14-32/h5-11,15,18-20,30-31H,2-4,12-14,16-17H2,1H3. The molecule has 0 amide bonds. The van der Waals surface area contributed by atoms with Gasteiger partial charge in [0.05, 0.1) is 0 Å². The molecule has 33 heavy (non-hydrogen) atoms. The molecule has 1 saturated heterocycles. The van der Waals surface area contributed by atoms with Crippen LogP contribution >= 0.6 is 0 Å². The number of likely N-dealkylation sites (tertiary alicyclic amines) is 1. The first-order valence-electron chi connectivity index (χ1n) is 11.9. The highest BCUT2D eigenvalue weighted by Crippen LogP contribution is 2.41. The van der Waals surface area contributed by atoms with Gasteiger partial charge in [0.15, 0.2) is 0 Å². The van der Waals surface area contributed by atoms with E-state index in [4.69, 9.17) is 5.41 Å². The van der Waals surface area contributed by atoms with Crippen LogP contribution in [-0.4, -0.2) is 37.3 Å². The Labute approximate surface area is 197 Å². The van der Waals surface area contributed by atoms with Crippen molar-refractivity contribution < 1.29 is 0 Å². The summed E-state index contributed by atoms with van der Waals surface area (Å²) in [5, 5.41) is 11.5. The van der Waals surface area contributed by atoms with Crippen LogP contribution in [0.1, 0.15) is 36.0 Å². The van der Waals surface area contributed by atoms with E-state index in [2.05, 4.69) is 89.4 Å². The second-order valence-electron chi connectivity index (χ2n) is 9.18. The Morgan fingerprint density at radius 2 is 1.88 bits per heavy atom. The van der Waals surface area contributed by atoms with Crippen molar-refractivity contribution in [3.05, 3.63) is 101 Å². The van der Waals surface area contributed by atoms with Gasteiger partial charge in [-0.3, -0.25) is 0 Å². The highest BCUT2D eigenvalue weighted by atomic mass is 15.2. The zero-order chi connectivity index (χ0) is 22.8. The first kappa shape index (κ1) is 21.5. The molecule has 2 aromatic carbocycles. The van der Waals surface area contributed by atoms with Gasteiger partial charge in [0.2, 0.25) is 0 Å². The highest BCUT2D eigenvalue weighted by molar-refractivity contribution is 5.89. The molecular formula is C29H32N4. The van der Waals surface area contributed by atoms with Crippen molar-refractivity contribution >= 4 is 23.2 Å².